The number of carbonyl (C=O) groups excluding carboxylic acids is 1. The molecule has 0 aliphatic rings. The Hall–Kier alpha value is -2.37. The van der Waals surface area contributed by atoms with Crippen molar-refractivity contribution in [1.29, 1.82) is 0 Å². The minimum Gasteiger partial charge on any atom is -0.491 e. The molecule has 24 heavy (non-hydrogen) atoms. The standard InChI is InChI=1S/C18H26N2O4/c1-11(2)23-13-8-15-14(17(9-13)24-12(3)4)10-16(18(21)22-7)20(15)19(5)6/h8-12H,1-7H3. The molecule has 1 heterocycles. The zero-order chi connectivity index (χ0) is 18.0. The second-order valence-corrected chi connectivity index (χ2v) is 6.37. The molecule has 0 spiro atoms. The SMILES string of the molecule is COC(=O)c1cc2c(OC(C)C)cc(OC(C)C)cc2n1N(C)C. The van der Waals surface area contributed by atoms with Crippen LogP contribution in [0.2, 0.25) is 0 Å². The molecule has 0 N–H and O–H groups in total. The second kappa shape index (κ2) is 7.03. The van der Waals surface area contributed by atoms with E-state index in [2.05, 4.69) is 0 Å². The summed E-state index contributed by atoms with van der Waals surface area (Å²) in [5.41, 5.74) is 1.27. The van der Waals surface area contributed by atoms with Crippen LogP contribution < -0.4 is 14.5 Å². The van der Waals surface area contributed by atoms with Gasteiger partial charge in [0, 0.05) is 31.6 Å². The molecular weight excluding hydrogens is 308 g/mol. The largest absolute Gasteiger partial charge is 0.491 e. The maximum atomic E-state index is 12.2. The Labute approximate surface area is 142 Å². The zero-order valence-electron chi connectivity index (χ0n) is 15.4. The molecule has 0 atom stereocenters. The number of hydrogen-bond donors (Lipinski definition) is 0. The van der Waals surface area contributed by atoms with Gasteiger partial charge >= 0.3 is 5.97 Å². The van der Waals surface area contributed by atoms with Crippen LogP contribution in [0.4, 0.5) is 0 Å². The lowest BCUT2D eigenvalue weighted by atomic mass is 10.2. The Kier molecular flexibility index (Phi) is 5.26. The van der Waals surface area contributed by atoms with Gasteiger partial charge in [-0.3, -0.25) is 4.68 Å². The molecular formula is C18H26N2O4. The van der Waals surface area contributed by atoms with Crippen molar-refractivity contribution >= 4 is 16.9 Å². The number of benzene rings is 1. The summed E-state index contributed by atoms with van der Waals surface area (Å²) in [5, 5.41) is 2.67. The summed E-state index contributed by atoms with van der Waals surface area (Å²) in [6.45, 7) is 7.87. The Bertz CT molecular complexity index is 732. The van der Waals surface area contributed by atoms with Crippen LogP contribution in [0.15, 0.2) is 18.2 Å². The van der Waals surface area contributed by atoms with E-state index in [0.29, 0.717) is 17.2 Å². The van der Waals surface area contributed by atoms with Crippen molar-refractivity contribution in [2.24, 2.45) is 0 Å². The van der Waals surface area contributed by atoms with E-state index in [-0.39, 0.29) is 12.2 Å². The van der Waals surface area contributed by atoms with Gasteiger partial charge in [-0.2, -0.15) is 0 Å². The average Bonchev–Trinajstić information content (AvgIpc) is 2.84. The monoisotopic (exact) mass is 334 g/mol. The average molecular weight is 334 g/mol. The normalized spacial score (nSPS) is 11.2. The van der Waals surface area contributed by atoms with Gasteiger partial charge in [-0.15, -0.1) is 0 Å². The Balaban J connectivity index is 2.75. The van der Waals surface area contributed by atoms with E-state index in [9.17, 15) is 4.79 Å². The van der Waals surface area contributed by atoms with Crippen molar-refractivity contribution in [2.45, 2.75) is 39.9 Å². The lowest BCUT2D eigenvalue weighted by Gasteiger charge is -2.20. The highest BCUT2D eigenvalue weighted by atomic mass is 16.5. The van der Waals surface area contributed by atoms with Crippen LogP contribution in [0.3, 0.4) is 0 Å². The molecule has 0 saturated carbocycles. The molecule has 0 unspecified atom stereocenters. The predicted molar refractivity (Wildman–Crippen MR) is 94.9 cm³/mol. The van der Waals surface area contributed by atoms with Crippen LogP contribution in [0.5, 0.6) is 11.5 Å². The molecule has 6 nitrogen and oxygen atoms in total. The number of rotatable bonds is 6. The van der Waals surface area contributed by atoms with Gasteiger partial charge < -0.3 is 19.2 Å². The fourth-order valence-corrected chi connectivity index (χ4v) is 2.61. The smallest absolute Gasteiger partial charge is 0.356 e. The summed E-state index contributed by atoms with van der Waals surface area (Å²) in [5.74, 6) is 0.983. The number of ether oxygens (including phenoxy) is 3. The third-order valence-corrected chi connectivity index (χ3v) is 3.36. The molecule has 0 fully saturated rings. The lowest BCUT2D eigenvalue weighted by molar-refractivity contribution is 0.0589. The quantitative estimate of drug-likeness (QED) is 0.759. The first-order valence-corrected chi connectivity index (χ1v) is 8.03. The number of nitrogens with zero attached hydrogens (tertiary/aromatic N) is 2. The summed E-state index contributed by atoms with van der Waals surface area (Å²) >= 11 is 0. The van der Waals surface area contributed by atoms with Gasteiger partial charge in [-0.05, 0) is 33.8 Å². The van der Waals surface area contributed by atoms with Crippen LogP contribution in [-0.2, 0) is 4.74 Å². The van der Waals surface area contributed by atoms with Crippen molar-refractivity contribution < 1.29 is 19.0 Å². The van der Waals surface area contributed by atoms with Crippen LogP contribution in [-0.4, -0.2) is 44.1 Å². The molecule has 1 aromatic carbocycles. The van der Waals surface area contributed by atoms with Crippen molar-refractivity contribution in [3.05, 3.63) is 23.9 Å². The van der Waals surface area contributed by atoms with E-state index < -0.39 is 5.97 Å². The third kappa shape index (κ3) is 3.58. The van der Waals surface area contributed by atoms with E-state index in [1.807, 2.05) is 58.9 Å². The minimum atomic E-state index is -0.401. The fourth-order valence-electron chi connectivity index (χ4n) is 2.61. The van der Waals surface area contributed by atoms with Gasteiger partial charge in [0.05, 0.1) is 24.8 Å². The highest BCUT2D eigenvalue weighted by molar-refractivity contribution is 5.98. The first-order chi connectivity index (χ1) is 11.2. The summed E-state index contributed by atoms with van der Waals surface area (Å²) in [6.07, 6.45) is 0.0454. The van der Waals surface area contributed by atoms with Crippen LogP contribution in [0.1, 0.15) is 38.2 Å². The summed E-state index contributed by atoms with van der Waals surface area (Å²) < 4.78 is 18.5. The summed E-state index contributed by atoms with van der Waals surface area (Å²) in [6, 6.07) is 5.57. The van der Waals surface area contributed by atoms with E-state index in [4.69, 9.17) is 14.2 Å². The number of carbonyl (C=O) groups is 1. The van der Waals surface area contributed by atoms with E-state index in [1.165, 1.54) is 7.11 Å². The van der Waals surface area contributed by atoms with E-state index in [1.54, 1.807) is 10.7 Å². The maximum Gasteiger partial charge on any atom is 0.356 e. The molecule has 132 valence electrons. The molecule has 6 heteroatoms. The van der Waals surface area contributed by atoms with Crippen LogP contribution >= 0.6 is 0 Å². The zero-order valence-corrected chi connectivity index (χ0v) is 15.4. The van der Waals surface area contributed by atoms with Gasteiger partial charge in [0.25, 0.3) is 0 Å². The number of hydrogen-bond acceptors (Lipinski definition) is 5. The summed E-state index contributed by atoms with van der Waals surface area (Å²) in [4.78, 5) is 12.2. The van der Waals surface area contributed by atoms with Gasteiger partial charge in [0.1, 0.15) is 17.2 Å². The predicted octanol–water partition coefficient (Wildman–Crippen LogP) is 3.20. The molecule has 1 aromatic heterocycles. The molecule has 0 aliphatic carbocycles. The van der Waals surface area contributed by atoms with Crippen LogP contribution in [0.25, 0.3) is 10.9 Å². The first kappa shape index (κ1) is 18.0. The molecule has 0 saturated heterocycles. The van der Waals surface area contributed by atoms with E-state index >= 15 is 0 Å². The van der Waals surface area contributed by atoms with Gasteiger partial charge in [0.2, 0.25) is 0 Å². The van der Waals surface area contributed by atoms with Crippen molar-refractivity contribution in [1.82, 2.24) is 4.68 Å². The highest BCUT2D eigenvalue weighted by Gasteiger charge is 2.21. The topological polar surface area (TPSA) is 52.9 Å². The van der Waals surface area contributed by atoms with Gasteiger partial charge in [0.15, 0.2) is 0 Å². The van der Waals surface area contributed by atoms with Crippen molar-refractivity contribution in [2.75, 3.05) is 26.2 Å². The molecule has 0 aliphatic heterocycles. The number of aromatic nitrogens is 1. The number of methoxy groups -OCH3 is 1. The van der Waals surface area contributed by atoms with Crippen LogP contribution in [0, 0.1) is 0 Å². The molecule has 0 radical (unpaired) electrons. The Morgan fingerprint density at radius 3 is 2.17 bits per heavy atom. The Morgan fingerprint density at radius 1 is 1.04 bits per heavy atom. The molecule has 0 amide bonds. The molecule has 2 rings (SSSR count). The minimum absolute atomic E-state index is 0.00628. The molecule has 0 bridgehead atoms. The van der Waals surface area contributed by atoms with Crippen molar-refractivity contribution in [3.8, 4) is 11.5 Å². The number of esters is 1. The van der Waals surface area contributed by atoms with Gasteiger partial charge in [-0.25, -0.2) is 4.79 Å². The van der Waals surface area contributed by atoms with Crippen molar-refractivity contribution in [3.63, 3.8) is 0 Å². The fraction of sp³-hybridized carbons (Fsp3) is 0.500. The highest BCUT2D eigenvalue weighted by Crippen LogP contribution is 2.35. The third-order valence-electron chi connectivity index (χ3n) is 3.36. The Morgan fingerprint density at radius 2 is 1.67 bits per heavy atom. The molecule has 2 aromatic rings. The van der Waals surface area contributed by atoms with Gasteiger partial charge in [-0.1, -0.05) is 0 Å². The lowest BCUT2D eigenvalue weighted by Crippen LogP contribution is -2.28. The second-order valence-electron chi connectivity index (χ2n) is 6.37. The first-order valence-electron chi connectivity index (χ1n) is 8.03. The maximum absolute atomic E-state index is 12.2. The number of fused-ring (bicyclic) bond motifs is 1. The summed E-state index contributed by atoms with van der Waals surface area (Å²) in [7, 11) is 5.11. The van der Waals surface area contributed by atoms with E-state index in [0.717, 1.165) is 10.9 Å².